The normalized spacial score (nSPS) is 14.0. The fourth-order valence-electron chi connectivity index (χ4n) is 3.02. The molecule has 1 amide bonds. The highest BCUT2D eigenvalue weighted by molar-refractivity contribution is 7.15. The number of amides is 1. The van der Waals surface area contributed by atoms with Crippen LogP contribution in [-0.4, -0.2) is 15.9 Å². The molecule has 0 aliphatic heterocycles. The molecule has 0 saturated heterocycles. The third-order valence-corrected chi connectivity index (χ3v) is 5.19. The number of aromatic amines is 1. The molecule has 3 aromatic rings. The van der Waals surface area contributed by atoms with Crippen LogP contribution in [0.25, 0.3) is 10.9 Å². The molecule has 2 aromatic heterocycles. The number of nitrogens with one attached hydrogen (secondary N) is 2. The van der Waals surface area contributed by atoms with Crippen molar-refractivity contribution in [1.29, 1.82) is 0 Å². The van der Waals surface area contributed by atoms with Gasteiger partial charge in [-0.05, 0) is 37.3 Å². The van der Waals surface area contributed by atoms with Crippen LogP contribution in [0.1, 0.15) is 29.0 Å². The number of aromatic nitrogens is 2. The Hall–Kier alpha value is -2.14. The lowest BCUT2D eigenvalue weighted by molar-refractivity contribution is -0.115. The van der Waals surface area contributed by atoms with Gasteiger partial charge in [0.05, 0.1) is 12.1 Å². The number of fused-ring (bicyclic) bond motifs is 2. The number of para-hydroxylation sites is 1. The smallest absolute Gasteiger partial charge is 0.230 e. The molecule has 22 heavy (non-hydrogen) atoms. The first kappa shape index (κ1) is 13.5. The summed E-state index contributed by atoms with van der Waals surface area (Å²) < 4.78 is 0. The monoisotopic (exact) mass is 311 g/mol. The van der Waals surface area contributed by atoms with Gasteiger partial charge in [-0.25, -0.2) is 4.98 Å². The van der Waals surface area contributed by atoms with Crippen LogP contribution in [0.15, 0.2) is 30.5 Å². The minimum Gasteiger partial charge on any atom is -0.361 e. The lowest BCUT2D eigenvalue weighted by atomic mass is 10.0. The molecule has 2 N–H and O–H groups in total. The largest absolute Gasteiger partial charge is 0.361 e. The van der Waals surface area contributed by atoms with Crippen molar-refractivity contribution in [2.75, 3.05) is 5.32 Å². The number of aryl methyl sites for hydroxylation is 2. The Morgan fingerprint density at radius 2 is 2.14 bits per heavy atom. The number of carbonyl (C=O) groups excluding carboxylic acids is 1. The average molecular weight is 311 g/mol. The van der Waals surface area contributed by atoms with E-state index in [-0.39, 0.29) is 5.91 Å². The van der Waals surface area contributed by atoms with Gasteiger partial charge >= 0.3 is 0 Å². The van der Waals surface area contributed by atoms with Crippen LogP contribution in [-0.2, 0) is 24.1 Å². The predicted octanol–water partition coefficient (Wildman–Crippen LogP) is 3.68. The highest BCUT2D eigenvalue weighted by Gasteiger charge is 2.17. The van der Waals surface area contributed by atoms with Crippen molar-refractivity contribution in [2.45, 2.75) is 32.1 Å². The summed E-state index contributed by atoms with van der Waals surface area (Å²) in [6, 6.07) is 8.04. The van der Waals surface area contributed by atoms with E-state index in [0.717, 1.165) is 34.4 Å². The Morgan fingerprint density at radius 3 is 3.05 bits per heavy atom. The fraction of sp³-hybridized carbons (Fsp3) is 0.294. The molecule has 0 bridgehead atoms. The first-order valence-electron chi connectivity index (χ1n) is 7.63. The summed E-state index contributed by atoms with van der Waals surface area (Å²) in [6.07, 6.45) is 6.87. The predicted molar refractivity (Wildman–Crippen MR) is 89.4 cm³/mol. The Bertz CT molecular complexity index is 810. The third-order valence-electron chi connectivity index (χ3n) is 4.12. The number of benzene rings is 1. The van der Waals surface area contributed by atoms with Gasteiger partial charge in [-0.3, -0.25) is 4.79 Å². The average Bonchev–Trinajstić information content (AvgIpc) is 3.11. The van der Waals surface area contributed by atoms with E-state index in [1.54, 1.807) is 11.3 Å². The number of nitrogens with zero attached hydrogens (tertiary/aromatic N) is 1. The summed E-state index contributed by atoms with van der Waals surface area (Å²) in [5.41, 5.74) is 3.27. The van der Waals surface area contributed by atoms with E-state index in [9.17, 15) is 4.79 Å². The van der Waals surface area contributed by atoms with Gasteiger partial charge in [0.1, 0.15) is 0 Å². The highest BCUT2D eigenvalue weighted by atomic mass is 32.1. The number of hydrogen-bond donors (Lipinski definition) is 2. The van der Waals surface area contributed by atoms with E-state index >= 15 is 0 Å². The number of hydrogen-bond acceptors (Lipinski definition) is 3. The molecule has 2 heterocycles. The van der Waals surface area contributed by atoms with E-state index in [4.69, 9.17) is 0 Å². The second-order valence-corrected chi connectivity index (χ2v) is 6.76. The zero-order chi connectivity index (χ0) is 14.9. The molecular formula is C17H17N3OS. The van der Waals surface area contributed by atoms with Gasteiger partial charge in [-0.2, -0.15) is 0 Å². The molecular weight excluding hydrogens is 294 g/mol. The Kier molecular flexibility index (Phi) is 3.42. The number of rotatable bonds is 3. The molecule has 0 unspecified atom stereocenters. The van der Waals surface area contributed by atoms with E-state index in [1.165, 1.54) is 23.4 Å². The minimum absolute atomic E-state index is 0.00384. The molecule has 1 aromatic carbocycles. The molecule has 0 atom stereocenters. The van der Waals surface area contributed by atoms with Crippen LogP contribution in [0.3, 0.4) is 0 Å². The standard InChI is InChI=1S/C17H17N3OS/c21-16(9-11-10-18-13-6-2-1-5-12(11)13)20-17-19-14-7-3-4-8-15(14)22-17/h1-2,5-6,10,18H,3-4,7-9H2,(H,19,20,21). The summed E-state index contributed by atoms with van der Waals surface area (Å²) in [4.78, 5) is 21.4. The maximum absolute atomic E-state index is 12.3. The van der Waals surface area contributed by atoms with E-state index in [0.29, 0.717) is 6.42 Å². The van der Waals surface area contributed by atoms with E-state index < -0.39 is 0 Å². The molecule has 0 fully saturated rings. The highest BCUT2D eigenvalue weighted by Crippen LogP contribution is 2.29. The van der Waals surface area contributed by atoms with Crippen molar-refractivity contribution < 1.29 is 4.79 Å². The maximum atomic E-state index is 12.3. The molecule has 112 valence electrons. The van der Waals surface area contributed by atoms with Crippen molar-refractivity contribution in [2.24, 2.45) is 0 Å². The molecule has 0 spiro atoms. The van der Waals surface area contributed by atoms with Crippen molar-refractivity contribution in [3.05, 3.63) is 46.6 Å². The fourth-order valence-corrected chi connectivity index (χ4v) is 4.09. The van der Waals surface area contributed by atoms with Gasteiger partial charge in [0, 0.05) is 22.0 Å². The zero-order valence-electron chi connectivity index (χ0n) is 12.2. The molecule has 4 nitrogen and oxygen atoms in total. The molecule has 0 radical (unpaired) electrons. The number of H-pyrrole nitrogens is 1. The molecule has 1 aliphatic rings. The van der Waals surface area contributed by atoms with Gasteiger partial charge in [-0.15, -0.1) is 11.3 Å². The number of anilines is 1. The Labute approximate surface area is 132 Å². The summed E-state index contributed by atoms with van der Waals surface area (Å²) in [5, 5.41) is 4.81. The first-order valence-corrected chi connectivity index (χ1v) is 8.44. The summed E-state index contributed by atoms with van der Waals surface area (Å²) >= 11 is 1.63. The molecule has 1 aliphatic carbocycles. The van der Waals surface area contributed by atoms with Gasteiger partial charge < -0.3 is 10.3 Å². The van der Waals surface area contributed by atoms with Gasteiger partial charge in [-0.1, -0.05) is 18.2 Å². The van der Waals surface area contributed by atoms with Gasteiger partial charge in [0.15, 0.2) is 5.13 Å². The van der Waals surface area contributed by atoms with E-state index in [1.807, 2.05) is 30.5 Å². The number of thiazole rings is 1. The molecule has 0 saturated carbocycles. The lowest BCUT2D eigenvalue weighted by Gasteiger charge is -2.06. The van der Waals surface area contributed by atoms with Crippen molar-refractivity contribution in [3.63, 3.8) is 0 Å². The zero-order valence-corrected chi connectivity index (χ0v) is 13.0. The Morgan fingerprint density at radius 1 is 1.27 bits per heavy atom. The maximum Gasteiger partial charge on any atom is 0.230 e. The quantitative estimate of drug-likeness (QED) is 0.775. The van der Waals surface area contributed by atoms with E-state index in [2.05, 4.69) is 15.3 Å². The second-order valence-electron chi connectivity index (χ2n) is 5.68. The molecule has 4 rings (SSSR count). The van der Waals surface area contributed by atoms with Crippen molar-refractivity contribution >= 4 is 33.3 Å². The second kappa shape index (κ2) is 5.57. The lowest BCUT2D eigenvalue weighted by Crippen LogP contribution is -2.14. The van der Waals surface area contributed by atoms with Crippen LogP contribution in [0.5, 0.6) is 0 Å². The summed E-state index contributed by atoms with van der Waals surface area (Å²) in [5.74, 6) is -0.00384. The van der Waals surface area contributed by atoms with Crippen LogP contribution >= 0.6 is 11.3 Å². The summed E-state index contributed by atoms with van der Waals surface area (Å²) in [6.45, 7) is 0. The van der Waals surface area contributed by atoms with Crippen LogP contribution in [0, 0.1) is 0 Å². The van der Waals surface area contributed by atoms with Crippen molar-refractivity contribution in [3.8, 4) is 0 Å². The summed E-state index contributed by atoms with van der Waals surface area (Å²) in [7, 11) is 0. The first-order chi connectivity index (χ1) is 10.8. The van der Waals surface area contributed by atoms with Crippen LogP contribution in [0.2, 0.25) is 0 Å². The topological polar surface area (TPSA) is 57.8 Å². The van der Waals surface area contributed by atoms with Gasteiger partial charge in [0.25, 0.3) is 0 Å². The Balaban J connectivity index is 1.49. The number of carbonyl (C=O) groups is 1. The van der Waals surface area contributed by atoms with Crippen LogP contribution in [0.4, 0.5) is 5.13 Å². The van der Waals surface area contributed by atoms with Gasteiger partial charge in [0.2, 0.25) is 5.91 Å². The van der Waals surface area contributed by atoms with Crippen molar-refractivity contribution in [1.82, 2.24) is 9.97 Å². The van der Waals surface area contributed by atoms with Crippen LogP contribution < -0.4 is 5.32 Å². The molecule has 5 heteroatoms. The third kappa shape index (κ3) is 2.52. The minimum atomic E-state index is -0.00384. The SMILES string of the molecule is O=C(Cc1c[nH]c2ccccc12)Nc1nc2c(s1)CCCC2.